The van der Waals surface area contributed by atoms with Gasteiger partial charge < -0.3 is 15.4 Å². The minimum Gasteiger partial charge on any atom is -0.424 e. The number of urea groups is 1. The fraction of sp³-hybridized carbons (Fsp3) is 0.500. The SMILES string of the molecule is Cc1cc(Oc2ncccn2)ccc1NC(=O)N[C@@H]1C[C@H]2CC[C@@]1(C)C2(C)C. The van der Waals surface area contributed by atoms with E-state index in [1.807, 2.05) is 19.1 Å². The number of aryl methyl sites for hydroxylation is 1. The maximum Gasteiger partial charge on any atom is 0.321 e. The van der Waals surface area contributed by atoms with Gasteiger partial charge in [-0.05, 0) is 72.8 Å². The van der Waals surface area contributed by atoms with Crippen molar-refractivity contribution >= 4 is 11.7 Å². The van der Waals surface area contributed by atoms with Gasteiger partial charge in [-0.3, -0.25) is 0 Å². The number of ether oxygens (including phenoxy) is 1. The fourth-order valence-electron chi connectivity index (χ4n) is 5.02. The van der Waals surface area contributed by atoms with E-state index in [1.165, 1.54) is 12.8 Å². The Morgan fingerprint density at radius 3 is 2.57 bits per heavy atom. The van der Waals surface area contributed by atoms with Crippen molar-refractivity contribution in [2.75, 3.05) is 5.32 Å². The lowest BCUT2D eigenvalue weighted by Crippen LogP contribution is -2.48. The molecular formula is C22H28N4O2. The molecule has 1 aromatic carbocycles. The van der Waals surface area contributed by atoms with E-state index >= 15 is 0 Å². The number of nitrogens with zero attached hydrogens (tertiary/aromatic N) is 2. The van der Waals surface area contributed by atoms with Crippen LogP contribution in [0, 0.1) is 23.7 Å². The Morgan fingerprint density at radius 2 is 1.96 bits per heavy atom. The van der Waals surface area contributed by atoms with Gasteiger partial charge in [0.2, 0.25) is 0 Å². The smallest absolute Gasteiger partial charge is 0.321 e. The number of carbonyl (C=O) groups is 1. The van der Waals surface area contributed by atoms with Crippen LogP contribution in [0.25, 0.3) is 0 Å². The number of hydrogen-bond acceptors (Lipinski definition) is 4. The van der Waals surface area contributed by atoms with Crippen LogP contribution in [0.1, 0.15) is 45.6 Å². The van der Waals surface area contributed by atoms with Gasteiger partial charge in [0.1, 0.15) is 5.75 Å². The molecule has 0 saturated heterocycles. The minimum atomic E-state index is -0.141. The van der Waals surface area contributed by atoms with Gasteiger partial charge in [-0.25, -0.2) is 14.8 Å². The first-order valence-corrected chi connectivity index (χ1v) is 9.93. The summed E-state index contributed by atoms with van der Waals surface area (Å²) in [6, 6.07) is 7.64. The van der Waals surface area contributed by atoms with Crippen LogP contribution >= 0.6 is 0 Å². The molecule has 2 saturated carbocycles. The molecule has 0 spiro atoms. The molecule has 2 amide bonds. The molecule has 2 bridgehead atoms. The summed E-state index contributed by atoms with van der Waals surface area (Å²) in [6.07, 6.45) is 6.79. The molecule has 0 radical (unpaired) electrons. The lowest BCUT2D eigenvalue weighted by molar-refractivity contribution is 0.125. The van der Waals surface area contributed by atoms with Gasteiger partial charge in [0, 0.05) is 24.1 Å². The van der Waals surface area contributed by atoms with E-state index < -0.39 is 0 Å². The number of hydrogen-bond donors (Lipinski definition) is 2. The van der Waals surface area contributed by atoms with Crippen LogP contribution in [0.2, 0.25) is 0 Å². The largest absolute Gasteiger partial charge is 0.424 e. The summed E-state index contributed by atoms with van der Waals surface area (Å²) in [7, 11) is 0. The van der Waals surface area contributed by atoms with Crippen LogP contribution in [-0.4, -0.2) is 22.0 Å². The Balaban J connectivity index is 1.40. The summed E-state index contributed by atoms with van der Waals surface area (Å²) < 4.78 is 5.65. The second-order valence-electron chi connectivity index (χ2n) is 8.87. The first-order valence-electron chi connectivity index (χ1n) is 9.93. The van der Waals surface area contributed by atoms with E-state index in [1.54, 1.807) is 24.5 Å². The van der Waals surface area contributed by atoms with Crippen LogP contribution in [0.4, 0.5) is 10.5 Å². The Kier molecular flexibility index (Phi) is 4.52. The average Bonchev–Trinajstić information content (AvgIpc) is 2.98. The van der Waals surface area contributed by atoms with Crippen LogP contribution in [0.3, 0.4) is 0 Å². The van der Waals surface area contributed by atoms with E-state index in [9.17, 15) is 4.79 Å². The Morgan fingerprint density at radius 1 is 1.21 bits per heavy atom. The van der Waals surface area contributed by atoms with Gasteiger partial charge >= 0.3 is 12.0 Å². The van der Waals surface area contributed by atoms with Gasteiger partial charge in [-0.1, -0.05) is 20.8 Å². The molecular weight excluding hydrogens is 352 g/mol. The zero-order valence-electron chi connectivity index (χ0n) is 17.0. The molecule has 1 heterocycles. The third kappa shape index (κ3) is 3.11. The van der Waals surface area contributed by atoms with Crippen LogP contribution in [-0.2, 0) is 0 Å². The van der Waals surface area contributed by atoms with Crippen LogP contribution in [0.5, 0.6) is 11.8 Å². The Bertz CT molecular complexity index is 883. The minimum absolute atomic E-state index is 0.141. The molecule has 4 rings (SSSR count). The first-order chi connectivity index (χ1) is 13.3. The summed E-state index contributed by atoms with van der Waals surface area (Å²) in [4.78, 5) is 20.8. The molecule has 2 fully saturated rings. The Labute approximate surface area is 166 Å². The molecule has 2 aromatic rings. The quantitative estimate of drug-likeness (QED) is 0.790. The molecule has 2 N–H and O–H groups in total. The van der Waals surface area contributed by atoms with Crippen LogP contribution < -0.4 is 15.4 Å². The Hall–Kier alpha value is -2.63. The van der Waals surface area contributed by atoms with E-state index in [0.29, 0.717) is 17.7 Å². The van der Waals surface area contributed by atoms with E-state index in [4.69, 9.17) is 4.74 Å². The summed E-state index contributed by atoms with van der Waals surface area (Å²) in [5.74, 6) is 1.33. The summed E-state index contributed by atoms with van der Waals surface area (Å²) in [5.41, 5.74) is 2.13. The lowest BCUT2D eigenvalue weighted by Gasteiger charge is -2.39. The van der Waals surface area contributed by atoms with Crippen molar-refractivity contribution in [1.29, 1.82) is 0 Å². The highest BCUT2D eigenvalue weighted by Crippen LogP contribution is 2.65. The molecule has 6 heteroatoms. The summed E-state index contributed by atoms with van der Waals surface area (Å²) in [6.45, 7) is 8.97. The molecule has 28 heavy (non-hydrogen) atoms. The number of amides is 2. The second-order valence-corrected chi connectivity index (χ2v) is 8.87. The van der Waals surface area contributed by atoms with Crippen molar-refractivity contribution in [3.05, 3.63) is 42.2 Å². The number of fused-ring (bicyclic) bond motifs is 2. The molecule has 1 aromatic heterocycles. The zero-order chi connectivity index (χ0) is 19.9. The lowest BCUT2D eigenvalue weighted by atomic mass is 9.69. The van der Waals surface area contributed by atoms with E-state index in [2.05, 4.69) is 41.4 Å². The maximum atomic E-state index is 12.7. The van der Waals surface area contributed by atoms with Crippen molar-refractivity contribution in [3.8, 4) is 11.8 Å². The number of benzene rings is 1. The van der Waals surface area contributed by atoms with Crippen molar-refractivity contribution in [3.63, 3.8) is 0 Å². The molecule has 6 nitrogen and oxygen atoms in total. The number of nitrogens with one attached hydrogen (secondary N) is 2. The predicted octanol–water partition coefficient (Wildman–Crippen LogP) is 4.91. The molecule has 148 valence electrons. The second kappa shape index (κ2) is 6.76. The average molecular weight is 380 g/mol. The van der Waals surface area contributed by atoms with Crippen molar-refractivity contribution in [2.24, 2.45) is 16.7 Å². The zero-order valence-corrected chi connectivity index (χ0v) is 17.0. The van der Waals surface area contributed by atoms with Gasteiger partial charge in [-0.2, -0.15) is 0 Å². The van der Waals surface area contributed by atoms with Crippen LogP contribution in [0.15, 0.2) is 36.7 Å². The first kappa shape index (κ1) is 18.7. The molecule has 2 aliphatic rings. The van der Waals surface area contributed by atoms with Gasteiger partial charge in [0.05, 0.1) is 0 Å². The third-order valence-electron chi connectivity index (χ3n) is 7.30. The normalized spacial score (nSPS) is 27.4. The number of carbonyl (C=O) groups excluding carboxylic acids is 1. The highest BCUT2D eigenvalue weighted by atomic mass is 16.5. The maximum absolute atomic E-state index is 12.7. The number of rotatable bonds is 4. The fourth-order valence-corrected chi connectivity index (χ4v) is 5.02. The van der Waals surface area contributed by atoms with Crippen molar-refractivity contribution in [1.82, 2.24) is 15.3 Å². The van der Waals surface area contributed by atoms with Crippen molar-refractivity contribution in [2.45, 2.75) is 53.0 Å². The molecule has 2 aliphatic carbocycles. The number of anilines is 1. The standard InChI is InChI=1S/C22H28N4O2/c1-14-12-16(28-20-23-10-5-11-24-20)6-7-17(14)25-19(27)26-18-13-15-8-9-22(18,4)21(15,2)3/h5-7,10-12,15,18H,8-9,13H2,1-4H3,(H2,25,26,27)/t15-,18-,22-/m1/s1. The molecule has 0 unspecified atom stereocenters. The summed E-state index contributed by atoms with van der Waals surface area (Å²) >= 11 is 0. The highest BCUT2D eigenvalue weighted by molar-refractivity contribution is 5.90. The summed E-state index contributed by atoms with van der Waals surface area (Å²) in [5, 5.41) is 6.23. The third-order valence-corrected chi connectivity index (χ3v) is 7.30. The number of aromatic nitrogens is 2. The van der Waals surface area contributed by atoms with Gasteiger partial charge in [0.15, 0.2) is 0 Å². The van der Waals surface area contributed by atoms with E-state index in [-0.39, 0.29) is 22.9 Å². The highest BCUT2D eigenvalue weighted by Gasteiger charge is 2.61. The topological polar surface area (TPSA) is 76.1 Å². The van der Waals surface area contributed by atoms with Gasteiger partial charge in [-0.15, -0.1) is 0 Å². The molecule has 0 aliphatic heterocycles. The monoisotopic (exact) mass is 380 g/mol. The van der Waals surface area contributed by atoms with E-state index in [0.717, 1.165) is 17.7 Å². The molecule has 3 atom stereocenters. The van der Waals surface area contributed by atoms with Crippen molar-refractivity contribution < 1.29 is 9.53 Å². The predicted molar refractivity (Wildman–Crippen MR) is 108 cm³/mol. The van der Waals surface area contributed by atoms with Gasteiger partial charge in [0.25, 0.3) is 0 Å².